The number of benzene rings is 1. The maximum atomic E-state index is 12.8. The number of carbonyl (C=O) groups excluding carboxylic acids is 1. The van der Waals surface area contributed by atoms with Gasteiger partial charge in [-0.25, -0.2) is 0 Å². The van der Waals surface area contributed by atoms with Gasteiger partial charge >= 0.3 is 0 Å². The minimum absolute atomic E-state index is 0.142. The van der Waals surface area contributed by atoms with E-state index in [-0.39, 0.29) is 17.9 Å². The van der Waals surface area contributed by atoms with E-state index in [1.807, 2.05) is 4.90 Å². The molecule has 112 valence electrons. The number of aryl methyl sites for hydroxylation is 1. The molecule has 3 aliphatic rings. The molecule has 3 heteroatoms. The Bertz CT molecular complexity index is 570. The number of rotatable bonds is 2. The number of hydrogen-bond donors (Lipinski definition) is 1. The highest BCUT2D eigenvalue weighted by Gasteiger charge is 2.61. The lowest BCUT2D eigenvalue weighted by Crippen LogP contribution is -2.33. The van der Waals surface area contributed by atoms with Crippen molar-refractivity contribution in [1.82, 2.24) is 4.90 Å². The van der Waals surface area contributed by atoms with Crippen LogP contribution in [0, 0.1) is 11.8 Å². The monoisotopic (exact) mass is 285 g/mol. The fourth-order valence-electron chi connectivity index (χ4n) is 4.56. The smallest absolute Gasteiger partial charge is 0.226 e. The molecule has 1 spiro atoms. The van der Waals surface area contributed by atoms with Crippen LogP contribution in [0.2, 0.25) is 0 Å². The quantitative estimate of drug-likeness (QED) is 0.904. The summed E-state index contributed by atoms with van der Waals surface area (Å²) in [7, 11) is 0. The van der Waals surface area contributed by atoms with E-state index in [1.165, 1.54) is 17.5 Å². The SMILES string of the molecule is O=C(C1CC12CCCc1ccccc12)N1CCC(CO)C1. The summed E-state index contributed by atoms with van der Waals surface area (Å²) in [6.45, 7) is 1.80. The van der Waals surface area contributed by atoms with Gasteiger partial charge in [-0.2, -0.15) is 0 Å². The number of aliphatic hydroxyl groups excluding tert-OH is 1. The zero-order valence-electron chi connectivity index (χ0n) is 12.4. The predicted octanol–water partition coefficient (Wildman–Crippen LogP) is 2.12. The molecule has 2 aliphatic carbocycles. The molecule has 1 aromatic rings. The lowest BCUT2D eigenvalue weighted by atomic mass is 9.78. The van der Waals surface area contributed by atoms with Crippen LogP contribution >= 0.6 is 0 Å². The van der Waals surface area contributed by atoms with Crippen LogP contribution in [0.4, 0.5) is 0 Å². The average Bonchev–Trinajstić information content (AvgIpc) is 3.03. The number of fused-ring (bicyclic) bond motifs is 2. The van der Waals surface area contributed by atoms with Crippen molar-refractivity contribution in [3.63, 3.8) is 0 Å². The Hall–Kier alpha value is -1.35. The number of amides is 1. The van der Waals surface area contributed by atoms with Crippen LogP contribution < -0.4 is 0 Å². The lowest BCUT2D eigenvalue weighted by molar-refractivity contribution is -0.132. The Kier molecular flexibility index (Phi) is 3.07. The third kappa shape index (κ3) is 2.02. The summed E-state index contributed by atoms with van der Waals surface area (Å²) in [4.78, 5) is 14.8. The third-order valence-electron chi connectivity index (χ3n) is 5.85. The van der Waals surface area contributed by atoms with Gasteiger partial charge in [0.2, 0.25) is 5.91 Å². The Morgan fingerprint density at radius 1 is 1.38 bits per heavy atom. The number of hydrogen-bond acceptors (Lipinski definition) is 2. The van der Waals surface area contributed by atoms with Crippen molar-refractivity contribution < 1.29 is 9.90 Å². The van der Waals surface area contributed by atoms with Gasteiger partial charge in [-0.05, 0) is 43.2 Å². The molecule has 1 amide bonds. The summed E-state index contributed by atoms with van der Waals surface area (Å²) in [5.74, 6) is 0.821. The zero-order valence-corrected chi connectivity index (χ0v) is 12.4. The summed E-state index contributed by atoms with van der Waals surface area (Å²) in [6.07, 6.45) is 5.52. The highest BCUT2D eigenvalue weighted by atomic mass is 16.3. The lowest BCUT2D eigenvalue weighted by Gasteiger charge is -2.27. The second kappa shape index (κ2) is 4.84. The molecule has 0 aromatic heterocycles. The topological polar surface area (TPSA) is 40.5 Å². The molecule has 1 aromatic carbocycles. The van der Waals surface area contributed by atoms with Crippen LogP contribution in [0.1, 0.15) is 36.8 Å². The van der Waals surface area contributed by atoms with Crippen molar-refractivity contribution in [2.24, 2.45) is 11.8 Å². The number of aliphatic hydroxyl groups is 1. The Balaban J connectivity index is 1.54. The predicted molar refractivity (Wildman–Crippen MR) is 80.9 cm³/mol. The summed E-state index contributed by atoms with van der Waals surface area (Å²) in [5.41, 5.74) is 3.03. The highest BCUT2D eigenvalue weighted by molar-refractivity contribution is 5.85. The van der Waals surface area contributed by atoms with E-state index in [0.717, 1.165) is 38.8 Å². The first-order chi connectivity index (χ1) is 10.2. The Morgan fingerprint density at radius 3 is 3.05 bits per heavy atom. The molecule has 3 unspecified atom stereocenters. The molecule has 4 rings (SSSR count). The molecule has 0 bridgehead atoms. The number of nitrogens with zero attached hydrogens (tertiary/aromatic N) is 1. The molecule has 1 heterocycles. The van der Waals surface area contributed by atoms with Gasteiger partial charge in [0, 0.05) is 36.9 Å². The zero-order chi connectivity index (χ0) is 14.4. The molecule has 1 N–H and O–H groups in total. The molecule has 1 aliphatic heterocycles. The van der Waals surface area contributed by atoms with Gasteiger partial charge in [0.25, 0.3) is 0 Å². The van der Waals surface area contributed by atoms with Crippen LogP contribution in [-0.2, 0) is 16.6 Å². The second-order valence-electron chi connectivity index (χ2n) is 7.05. The molecule has 1 saturated carbocycles. The second-order valence-corrected chi connectivity index (χ2v) is 7.05. The fourth-order valence-corrected chi connectivity index (χ4v) is 4.56. The van der Waals surface area contributed by atoms with Gasteiger partial charge in [-0.15, -0.1) is 0 Å². The molecular weight excluding hydrogens is 262 g/mol. The summed E-state index contributed by atoms with van der Waals surface area (Å²) >= 11 is 0. The molecule has 3 atom stereocenters. The highest BCUT2D eigenvalue weighted by Crippen LogP contribution is 2.61. The van der Waals surface area contributed by atoms with E-state index in [0.29, 0.717) is 11.8 Å². The Morgan fingerprint density at radius 2 is 2.24 bits per heavy atom. The van der Waals surface area contributed by atoms with Crippen molar-refractivity contribution in [2.75, 3.05) is 19.7 Å². The molecular formula is C18H23NO2. The van der Waals surface area contributed by atoms with E-state index >= 15 is 0 Å². The van der Waals surface area contributed by atoms with Gasteiger partial charge in [-0.3, -0.25) is 4.79 Å². The molecule has 3 nitrogen and oxygen atoms in total. The maximum Gasteiger partial charge on any atom is 0.226 e. The van der Waals surface area contributed by atoms with Gasteiger partial charge in [0.05, 0.1) is 0 Å². The van der Waals surface area contributed by atoms with Crippen LogP contribution in [0.3, 0.4) is 0 Å². The van der Waals surface area contributed by atoms with E-state index < -0.39 is 0 Å². The normalized spacial score (nSPS) is 34.0. The average molecular weight is 285 g/mol. The minimum Gasteiger partial charge on any atom is -0.396 e. The molecule has 21 heavy (non-hydrogen) atoms. The first kappa shape index (κ1) is 13.3. The first-order valence-electron chi connectivity index (χ1n) is 8.22. The fraction of sp³-hybridized carbons (Fsp3) is 0.611. The Labute approximate surface area is 126 Å². The van der Waals surface area contributed by atoms with E-state index in [9.17, 15) is 9.90 Å². The largest absolute Gasteiger partial charge is 0.396 e. The van der Waals surface area contributed by atoms with Gasteiger partial charge in [-0.1, -0.05) is 24.3 Å². The van der Waals surface area contributed by atoms with Gasteiger partial charge in [0.1, 0.15) is 0 Å². The standard InChI is InChI=1S/C18H23NO2/c20-12-13-7-9-19(11-13)17(21)16-10-18(16)8-3-5-14-4-1-2-6-15(14)18/h1-2,4,6,13,16,20H,3,5,7-12H2. The van der Waals surface area contributed by atoms with Crippen molar-refractivity contribution in [1.29, 1.82) is 0 Å². The third-order valence-corrected chi connectivity index (χ3v) is 5.85. The first-order valence-corrected chi connectivity index (χ1v) is 8.22. The van der Waals surface area contributed by atoms with Crippen LogP contribution in [0.25, 0.3) is 0 Å². The van der Waals surface area contributed by atoms with Crippen molar-refractivity contribution in [3.8, 4) is 0 Å². The molecule has 0 radical (unpaired) electrons. The van der Waals surface area contributed by atoms with E-state index in [4.69, 9.17) is 0 Å². The van der Waals surface area contributed by atoms with Crippen molar-refractivity contribution in [3.05, 3.63) is 35.4 Å². The van der Waals surface area contributed by atoms with E-state index in [2.05, 4.69) is 24.3 Å². The van der Waals surface area contributed by atoms with Gasteiger partial charge in [0.15, 0.2) is 0 Å². The van der Waals surface area contributed by atoms with Crippen molar-refractivity contribution in [2.45, 2.75) is 37.5 Å². The van der Waals surface area contributed by atoms with E-state index in [1.54, 1.807) is 0 Å². The van der Waals surface area contributed by atoms with Gasteiger partial charge < -0.3 is 10.0 Å². The van der Waals surface area contributed by atoms with Crippen LogP contribution in [0.15, 0.2) is 24.3 Å². The molecule has 1 saturated heterocycles. The summed E-state index contributed by atoms with van der Waals surface area (Å²) in [5, 5.41) is 9.25. The van der Waals surface area contributed by atoms with Crippen LogP contribution in [0.5, 0.6) is 0 Å². The summed E-state index contributed by atoms with van der Waals surface area (Å²) < 4.78 is 0. The number of likely N-dealkylation sites (tertiary alicyclic amines) is 1. The van der Waals surface area contributed by atoms with Crippen LogP contribution in [-0.4, -0.2) is 35.6 Å². The summed E-state index contributed by atoms with van der Waals surface area (Å²) in [6, 6.07) is 8.70. The number of carbonyl (C=O) groups is 1. The van der Waals surface area contributed by atoms with Crippen molar-refractivity contribution >= 4 is 5.91 Å². The maximum absolute atomic E-state index is 12.8. The minimum atomic E-state index is 0.142. The molecule has 2 fully saturated rings.